The van der Waals surface area contributed by atoms with Gasteiger partial charge < -0.3 is 14.6 Å². The number of aromatic nitrogens is 1. The number of nitrogens with zero attached hydrogens (tertiary/aromatic N) is 3. The number of ether oxygens (including phenoxy) is 1. The summed E-state index contributed by atoms with van der Waals surface area (Å²) in [6, 6.07) is 2.69. The average Bonchev–Trinajstić information content (AvgIpc) is 3.14. The van der Waals surface area contributed by atoms with Crippen LogP contribution in [-0.4, -0.2) is 47.2 Å². The Balaban J connectivity index is 1.79. The van der Waals surface area contributed by atoms with Crippen LogP contribution in [-0.2, 0) is 9.53 Å². The quantitative estimate of drug-likeness (QED) is 0.898. The van der Waals surface area contributed by atoms with E-state index in [1.165, 1.54) is 12.8 Å². The second kappa shape index (κ2) is 7.81. The molecule has 142 valence electrons. The average molecular weight is 358 g/mol. The van der Waals surface area contributed by atoms with Crippen molar-refractivity contribution in [1.82, 2.24) is 9.47 Å². The van der Waals surface area contributed by atoms with E-state index in [1.54, 1.807) is 0 Å². The lowest BCUT2D eigenvalue weighted by Gasteiger charge is -2.34. The summed E-state index contributed by atoms with van der Waals surface area (Å²) in [7, 11) is 0. The summed E-state index contributed by atoms with van der Waals surface area (Å²) in [6.45, 7) is 9.93. The van der Waals surface area contributed by atoms with Gasteiger partial charge in [-0.1, -0.05) is 12.8 Å². The number of nitriles is 1. The molecule has 1 aromatic heterocycles. The van der Waals surface area contributed by atoms with E-state index >= 15 is 0 Å². The third-order valence-corrected chi connectivity index (χ3v) is 5.68. The minimum absolute atomic E-state index is 0.0560. The van der Waals surface area contributed by atoms with Crippen LogP contribution in [0.4, 0.5) is 5.82 Å². The molecule has 0 unspecified atom stereocenters. The molecule has 6 nitrogen and oxygen atoms in total. The number of hydrogen-bond acceptors (Lipinski definition) is 4. The molecule has 0 bridgehead atoms. The second-order valence-electron chi connectivity index (χ2n) is 7.85. The third-order valence-electron chi connectivity index (χ3n) is 5.68. The minimum atomic E-state index is -0.0560. The van der Waals surface area contributed by atoms with Crippen molar-refractivity contribution in [3.8, 4) is 6.07 Å². The van der Waals surface area contributed by atoms with E-state index < -0.39 is 0 Å². The first-order valence-electron chi connectivity index (χ1n) is 9.69. The predicted octanol–water partition coefficient (Wildman–Crippen LogP) is 3.14. The van der Waals surface area contributed by atoms with Gasteiger partial charge >= 0.3 is 0 Å². The number of morpholine rings is 1. The summed E-state index contributed by atoms with van der Waals surface area (Å²) >= 11 is 0. The van der Waals surface area contributed by atoms with Gasteiger partial charge in [-0.15, -0.1) is 0 Å². The van der Waals surface area contributed by atoms with Gasteiger partial charge in [0.25, 0.3) is 0 Å². The Kier molecular flexibility index (Phi) is 5.69. The molecular formula is C20H30N4O2. The minimum Gasteiger partial charge on any atom is -0.373 e. The molecule has 0 spiro atoms. The van der Waals surface area contributed by atoms with E-state index in [9.17, 15) is 10.1 Å². The third kappa shape index (κ3) is 3.79. The topological polar surface area (TPSA) is 70.3 Å². The highest BCUT2D eigenvalue weighted by atomic mass is 16.5. The first kappa shape index (κ1) is 18.9. The molecule has 0 radical (unpaired) electrons. The van der Waals surface area contributed by atoms with Gasteiger partial charge in [-0.2, -0.15) is 5.26 Å². The van der Waals surface area contributed by atoms with E-state index in [4.69, 9.17) is 4.74 Å². The van der Waals surface area contributed by atoms with Crippen LogP contribution in [0.3, 0.4) is 0 Å². The van der Waals surface area contributed by atoms with Crippen molar-refractivity contribution < 1.29 is 9.53 Å². The van der Waals surface area contributed by atoms with Crippen molar-refractivity contribution in [3.63, 3.8) is 0 Å². The molecule has 0 aromatic carbocycles. The standard InChI is InChI=1S/C20H30N4O2/c1-13-10-23(11-14(2)26-13)12-19(25)22-20-18(9-21)15(3)16(4)24(20)17-7-5-6-8-17/h13-14,17H,5-8,10-12H2,1-4H3,(H,22,25)/t13-,14-/m0/s1. The summed E-state index contributed by atoms with van der Waals surface area (Å²) in [5, 5.41) is 12.7. The molecule has 1 saturated carbocycles. The van der Waals surface area contributed by atoms with Gasteiger partial charge in [-0.05, 0) is 46.1 Å². The van der Waals surface area contributed by atoms with Crippen molar-refractivity contribution in [2.75, 3.05) is 25.0 Å². The molecule has 3 rings (SSSR count). The van der Waals surface area contributed by atoms with Gasteiger partial charge in [0.1, 0.15) is 11.9 Å². The van der Waals surface area contributed by atoms with Crippen LogP contribution in [0.2, 0.25) is 0 Å². The molecule has 1 N–H and O–H groups in total. The zero-order chi connectivity index (χ0) is 18.8. The Hall–Kier alpha value is -1.84. The second-order valence-corrected chi connectivity index (χ2v) is 7.85. The number of nitrogens with one attached hydrogen (secondary N) is 1. The lowest BCUT2D eigenvalue weighted by atomic mass is 10.2. The fourth-order valence-corrected chi connectivity index (χ4v) is 4.49. The van der Waals surface area contributed by atoms with Crippen molar-refractivity contribution in [3.05, 3.63) is 16.8 Å². The van der Waals surface area contributed by atoms with Gasteiger partial charge in [0.2, 0.25) is 5.91 Å². The van der Waals surface area contributed by atoms with Crippen LogP contribution < -0.4 is 5.32 Å². The SMILES string of the molecule is Cc1c(C#N)c(NC(=O)CN2C[C@H](C)O[C@@H](C)C2)n(C2CCCC2)c1C. The molecule has 1 aromatic rings. The number of hydrogen-bond donors (Lipinski definition) is 1. The lowest BCUT2D eigenvalue weighted by molar-refractivity contribution is -0.121. The number of rotatable bonds is 4. The summed E-state index contributed by atoms with van der Waals surface area (Å²) in [6.07, 6.45) is 4.91. The molecule has 26 heavy (non-hydrogen) atoms. The molecule has 1 aliphatic heterocycles. The van der Waals surface area contributed by atoms with Gasteiger partial charge in [-0.25, -0.2) is 0 Å². The van der Waals surface area contributed by atoms with Crippen LogP contribution in [0.5, 0.6) is 0 Å². The van der Waals surface area contributed by atoms with Crippen LogP contribution in [0.25, 0.3) is 0 Å². The maximum atomic E-state index is 12.7. The van der Waals surface area contributed by atoms with Crippen molar-refractivity contribution >= 4 is 11.7 Å². The highest BCUT2D eigenvalue weighted by molar-refractivity contribution is 5.93. The Morgan fingerprint density at radius 2 is 1.85 bits per heavy atom. The highest BCUT2D eigenvalue weighted by Crippen LogP contribution is 2.37. The molecule has 2 aliphatic rings. The summed E-state index contributed by atoms with van der Waals surface area (Å²) < 4.78 is 7.94. The molecule has 1 aliphatic carbocycles. The van der Waals surface area contributed by atoms with Gasteiger partial charge in [0.05, 0.1) is 24.3 Å². The fourth-order valence-electron chi connectivity index (χ4n) is 4.49. The summed E-state index contributed by atoms with van der Waals surface area (Å²) in [5.74, 6) is 0.633. The van der Waals surface area contributed by atoms with Crippen LogP contribution in [0.1, 0.15) is 62.4 Å². The van der Waals surface area contributed by atoms with E-state index in [1.807, 2.05) is 20.8 Å². The molecule has 6 heteroatoms. The van der Waals surface area contributed by atoms with Crippen LogP contribution in [0, 0.1) is 25.2 Å². The summed E-state index contributed by atoms with van der Waals surface area (Å²) in [4.78, 5) is 14.9. The van der Waals surface area contributed by atoms with E-state index in [0.717, 1.165) is 37.2 Å². The maximum absolute atomic E-state index is 12.7. The van der Waals surface area contributed by atoms with Gasteiger partial charge in [-0.3, -0.25) is 9.69 Å². The Morgan fingerprint density at radius 1 is 1.23 bits per heavy atom. The first-order valence-corrected chi connectivity index (χ1v) is 9.69. The zero-order valence-corrected chi connectivity index (χ0v) is 16.3. The summed E-state index contributed by atoms with van der Waals surface area (Å²) in [5.41, 5.74) is 2.67. The predicted molar refractivity (Wildman–Crippen MR) is 101 cm³/mol. The van der Waals surface area contributed by atoms with Gasteiger partial charge in [0.15, 0.2) is 0 Å². The molecule has 2 atom stereocenters. The van der Waals surface area contributed by atoms with Gasteiger partial charge in [0, 0.05) is 24.8 Å². The molecule has 1 saturated heterocycles. The van der Waals surface area contributed by atoms with E-state index in [0.29, 0.717) is 24.0 Å². The van der Waals surface area contributed by atoms with Crippen molar-refractivity contribution in [1.29, 1.82) is 5.26 Å². The Morgan fingerprint density at radius 3 is 2.42 bits per heavy atom. The lowest BCUT2D eigenvalue weighted by Crippen LogP contribution is -2.48. The Labute approximate surface area is 156 Å². The smallest absolute Gasteiger partial charge is 0.239 e. The highest BCUT2D eigenvalue weighted by Gasteiger charge is 2.28. The largest absolute Gasteiger partial charge is 0.373 e. The molecule has 2 fully saturated rings. The van der Waals surface area contributed by atoms with Crippen LogP contribution in [0.15, 0.2) is 0 Å². The van der Waals surface area contributed by atoms with Crippen molar-refractivity contribution in [2.45, 2.75) is 71.6 Å². The molecule has 1 amide bonds. The zero-order valence-electron chi connectivity index (χ0n) is 16.3. The number of carbonyl (C=O) groups is 1. The number of anilines is 1. The monoisotopic (exact) mass is 358 g/mol. The molecular weight excluding hydrogens is 328 g/mol. The normalized spacial score (nSPS) is 24.6. The molecule has 2 heterocycles. The van der Waals surface area contributed by atoms with Crippen LogP contribution >= 0.6 is 0 Å². The first-order chi connectivity index (χ1) is 12.4. The fraction of sp³-hybridized carbons (Fsp3) is 0.700. The number of carbonyl (C=O) groups excluding carboxylic acids is 1. The maximum Gasteiger partial charge on any atom is 0.239 e. The van der Waals surface area contributed by atoms with Crippen molar-refractivity contribution in [2.24, 2.45) is 0 Å². The van der Waals surface area contributed by atoms with E-state index in [2.05, 4.69) is 27.8 Å². The Bertz CT molecular complexity index is 702. The van der Waals surface area contributed by atoms with E-state index in [-0.39, 0.29) is 18.1 Å². The number of amides is 1.